The van der Waals surface area contributed by atoms with Gasteiger partial charge in [0.05, 0.1) is 6.10 Å². The van der Waals surface area contributed by atoms with Gasteiger partial charge in [-0.15, -0.1) is 23.7 Å². The summed E-state index contributed by atoms with van der Waals surface area (Å²) in [4.78, 5) is 2.29. The summed E-state index contributed by atoms with van der Waals surface area (Å²) in [6, 6.07) is 4.02. The highest BCUT2D eigenvalue weighted by molar-refractivity contribution is 7.11. The lowest BCUT2D eigenvalue weighted by molar-refractivity contribution is 0.169. The fourth-order valence-electron chi connectivity index (χ4n) is 1.17. The highest BCUT2D eigenvalue weighted by Gasteiger charge is 2.08. The van der Waals surface area contributed by atoms with Crippen molar-refractivity contribution >= 4 is 11.3 Å². The van der Waals surface area contributed by atoms with Crippen LogP contribution < -0.4 is 0 Å². The van der Waals surface area contributed by atoms with Gasteiger partial charge < -0.3 is 5.11 Å². The Bertz CT molecular complexity index is 295. The van der Waals surface area contributed by atoms with Gasteiger partial charge in [0.25, 0.3) is 0 Å². The van der Waals surface area contributed by atoms with Crippen molar-refractivity contribution in [3.8, 4) is 12.3 Å². The Hall–Kier alpha value is -0.780. The van der Waals surface area contributed by atoms with Crippen LogP contribution in [0.2, 0.25) is 0 Å². The molecule has 0 radical (unpaired) electrons. The van der Waals surface area contributed by atoms with E-state index >= 15 is 0 Å². The number of hydrogen-bond acceptors (Lipinski definition) is 2. The SMILES string of the molecule is C#CCCCC(O)c1ccc(C)s1. The van der Waals surface area contributed by atoms with Gasteiger partial charge in [-0.2, -0.15) is 0 Å². The number of terminal acetylenes is 1. The molecule has 0 bridgehead atoms. The van der Waals surface area contributed by atoms with Gasteiger partial charge in [-0.3, -0.25) is 0 Å². The number of hydrogen-bond donors (Lipinski definition) is 1. The maximum absolute atomic E-state index is 9.70. The van der Waals surface area contributed by atoms with Crippen LogP contribution in [0.4, 0.5) is 0 Å². The Morgan fingerprint density at radius 3 is 2.92 bits per heavy atom. The molecule has 0 saturated carbocycles. The number of unbranched alkanes of at least 4 members (excludes halogenated alkanes) is 1. The summed E-state index contributed by atoms with van der Waals surface area (Å²) in [7, 11) is 0. The summed E-state index contributed by atoms with van der Waals surface area (Å²) in [6.07, 6.45) is 7.22. The lowest BCUT2D eigenvalue weighted by Gasteiger charge is -2.05. The molecule has 0 aromatic carbocycles. The summed E-state index contributed by atoms with van der Waals surface area (Å²) in [5.41, 5.74) is 0. The number of aliphatic hydroxyl groups excluding tert-OH is 1. The average Bonchev–Trinajstić information content (AvgIpc) is 2.52. The Kier molecular flexibility index (Phi) is 4.01. The normalized spacial score (nSPS) is 12.4. The summed E-state index contributed by atoms with van der Waals surface area (Å²) in [5.74, 6) is 2.57. The first kappa shape index (κ1) is 10.3. The molecule has 1 aromatic rings. The molecule has 1 N–H and O–H groups in total. The largest absolute Gasteiger partial charge is 0.388 e. The molecule has 1 unspecified atom stereocenters. The summed E-state index contributed by atoms with van der Waals surface area (Å²) in [6.45, 7) is 2.04. The zero-order valence-corrected chi connectivity index (χ0v) is 8.60. The zero-order chi connectivity index (χ0) is 9.68. The highest BCUT2D eigenvalue weighted by Crippen LogP contribution is 2.25. The lowest BCUT2D eigenvalue weighted by Crippen LogP contribution is -1.93. The van der Waals surface area contributed by atoms with Gasteiger partial charge in [0, 0.05) is 16.2 Å². The van der Waals surface area contributed by atoms with Crippen molar-refractivity contribution in [2.45, 2.75) is 32.3 Å². The molecule has 2 heteroatoms. The van der Waals surface area contributed by atoms with Crippen LogP contribution in [0.1, 0.15) is 35.1 Å². The van der Waals surface area contributed by atoms with E-state index in [2.05, 4.69) is 5.92 Å². The van der Waals surface area contributed by atoms with Gasteiger partial charge in [-0.05, 0) is 31.9 Å². The third kappa shape index (κ3) is 3.22. The van der Waals surface area contributed by atoms with Gasteiger partial charge in [0.15, 0.2) is 0 Å². The van der Waals surface area contributed by atoms with Gasteiger partial charge >= 0.3 is 0 Å². The van der Waals surface area contributed by atoms with E-state index in [4.69, 9.17) is 6.42 Å². The van der Waals surface area contributed by atoms with Crippen molar-refractivity contribution in [3.05, 3.63) is 21.9 Å². The van der Waals surface area contributed by atoms with Crippen molar-refractivity contribution < 1.29 is 5.11 Å². The molecule has 70 valence electrons. The van der Waals surface area contributed by atoms with E-state index in [1.54, 1.807) is 11.3 Å². The van der Waals surface area contributed by atoms with Crippen LogP contribution in [0.3, 0.4) is 0 Å². The predicted molar refractivity (Wildman–Crippen MR) is 56.7 cm³/mol. The molecule has 0 aliphatic heterocycles. The first-order valence-corrected chi connectivity index (χ1v) is 5.23. The monoisotopic (exact) mass is 194 g/mol. The fourth-order valence-corrected chi connectivity index (χ4v) is 2.07. The van der Waals surface area contributed by atoms with Crippen LogP contribution in [0.15, 0.2) is 12.1 Å². The quantitative estimate of drug-likeness (QED) is 0.577. The minimum atomic E-state index is -0.327. The van der Waals surface area contributed by atoms with Crippen molar-refractivity contribution in [2.24, 2.45) is 0 Å². The lowest BCUT2D eigenvalue weighted by atomic mass is 10.1. The topological polar surface area (TPSA) is 20.2 Å². The van der Waals surface area contributed by atoms with E-state index in [0.717, 1.165) is 24.1 Å². The van der Waals surface area contributed by atoms with E-state index in [-0.39, 0.29) is 6.10 Å². The Morgan fingerprint density at radius 1 is 1.62 bits per heavy atom. The maximum atomic E-state index is 9.70. The molecule has 0 aliphatic carbocycles. The van der Waals surface area contributed by atoms with Crippen LogP contribution >= 0.6 is 11.3 Å². The fraction of sp³-hybridized carbons (Fsp3) is 0.455. The van der Waals surface area contributed by atoms with Crippen molar-refractivity contribution in [1.82, 2.24) is 0 Å². The molecule has 1 rings (SSSR count). The van der Waals surface area contributed by atoms with E-state index in [0.29, 0.717) is 0 Å². The maximum Gasteiger partial charge on any atom is 0.0882 e. The second-order valence-corrected chi connectivity index (χ2v) is 4.38. The van der Waals surface area contributed by atoms with Gasteiger partial charge in [-0.25, -0.2) is 0 Å². The molecular weight excluding hydrogens is 180 g/mol. The summed E-state index contributed by atoms with van der Waals surface area (Å²) in [5, 5.41) is 9.70. The number of rotatable bonds is 4. The minimum absolute atomic E-state index is 0.327. The van der Waals surface area contributed by atoms with Crippen molar-refractivity contribution in [2.75, 3.05) is 0 Å². The van der Waals surface area contributed by atoms with Crippen LogP contribution in [0, 0.1) is 19.3 Å². The molecule has 0 amide bonds. The molecule has 0 saturated heterocycles. The molecule has 1 heterocycles. The summed E-state index contributed by atoms with van der Waals surface area (Å²) >= 11 is 1.65. The molecule has 1 aromatic heterocycles. The van der Waals surface area contributed by atoms with Gasteiger partial charge in [0.2, 0.25) is 0 Å². The molecular formula is C11H14OS. The molecule has 0 spiro atoms. The number of aryl methyl sites for hydroxylation is 1. The molecule has 13 heavy (non-hydrogen) atoms. The van der Waals surface area contributed by atoms with E-state index < -0.39 is 0 Å². The standard InChI is InChI=1S/C11H14OS/c1-3-4-5-6-10(12)11-8-7-9(2)13-11/h1,7-8,10,12H,4-6H2,2H3. The Morgan fingerprint density at radius 2 is 2.38 bits per heavy atom. The third-order valence-electron chi connectivity index (χ3n) is 1.89. The van der Waals surface area contributed by atoms with E-state index in [1.165, 1.54) is 4.88 Å². The van der Waals surface area contributed by atoms with E-state index in [1.807, 2.05) is 19.1 Å². The van der Waals surface area contributed by atoms with E-state index in [9.17, 15) is 5.11 Å². The molecule has 0 aliphatic rings. The second kappa shape index (κ2) is 5.06. The van der Waals surface area contributed by atoms with Gasteiger partial charge in [-0.1, -0.05) is 0 Å². The third-order valence-corrected chi connectivity index (χ3v) is 2.99. The van der Waals surface area contributed by atoms with Crippen LogP contribution in [0.5, 0.6) is 0 Å². The molecule has 1 nitrogen and oxygen atoms in total. The molecule has 1 atom stereocenters. The predicted octanol–water partition coefficient (Wildman–Crippen LogP) is 2.89. The van der Waals surface area contributed by atoms with Gasteiger partial charge in [0.1, 0.15) is 0 Å². The highest BCUT2D eigenvalue weighted by atomic mass is 32.1. The zero-order valence-electron chi connectivity index (χ0n) is 7.79. The average molecular weight is 194 g/mol. The second-order valence-electron chi connectivity index (χ2n) is 3.06. The van der Waals surface area contributed by atoms with Crippen LogP contribution in [0.25, 0.3) is 0 Å². The van der Waals surface area contributed by atoms with Crippen LogP contribution in [-0.4, -0.2) is 5.11 Å². The Labute approximate surface area is 83.4 Å². The van der Waals surface area contributed by atoms with Crippen molar-refractivity contribution in [3.63, 3.8) is 0 Å². The smallest absolute Gasteiger partial charge is 0.0882 e. The first-order valence-electron chi connectivity index (χ1n) is 4.42. The number of aliphatic hydroxyl groups is 1. The van der Waals surface area contributed by atoms with Crippen LogP contribution in [-0.2, 0) is 0 Å². The first-order chi connectivity index (χ1) is 6.24. The summed E-state index contributed by atoms with van der Waals surface area (Å²) < 4.78 is 0. The minimum Gasteiger partial charge on any atom is -0.388 e. The Balaban J connectivity index is 2.40. The number of thiophene rings is 1. The van der Waals surface area contributed by atoms with Crippen molar-refractivity contribution in [1.29, 1.82) is 0 Å². The molecule has 0 fully saturated rings.